The summed E-state index contributed by atoms with van der Waals surface area (Å²) in [6, 6.07) is 2.18. The highest BCUT2D eigenvalue weighted by atomic mass is 16.4. The second-order valence-corrected chi connectivity index (χ2v) is 3.22. The monoisotopic (exact) mass is 208 g/mol. The fraction of sp³-hybridized carbons (Fsp3) is 0.100. The number of hydrogen-bond acceptors (Lipinski definition) is 5. The minimum Gasteiger partial charge on any atom is -0.507 e. The number of fused-ring (bicyclic) bond motifs is 1. The zero-order chi connectivity index (χ0) is 11.2. The van der Waals surface area contributed by atoms with E-state index >= 15 is 0 Å². The van der Waals surface area contributed by atoms with Crippen LogP contribution in [0.25, 0.3) is 11.0 Å². The van der Waals surface area contributed by atoms with Gasteiger partial charge in [0.2, 0.25) is 5.75 Å². The first-order chi connectivity index (χ1) is 7.00. The van der Waals surface area contributed by atoms with E-state index in [0.717, 1.165) is 6.07 Å². The number of hydrogen-bond donors (Lipinski definition) is 3. The molecule has 78 valence electrons. The van der Waals surface area contributed by atoms with Gasteiger partial charge in [0.05, 0.1) is 11.5 Å². The Bertz CT molecular complexity index is 597. The molecule has 1 heterocycles. The molecule has 0 unspecified atom stereocenters. The van der Waals surface area contributed by atoms with Crippen molar-refractivity contribution in [2.24, 2.45) is 0 Å². The molecule has 5 nitrogen and oxygen atoms in total. The van der Waals surface area contributed by atoms with Gasteiger partial charge < -0.3 is 19.7 Å². The van der Waals surface area contributed by atoms with Gasteiger partial charge in [0.1, 0.15) is 5.75 Å². The van der Waals surface area contributed by atoms with E-state index in [-0.39, 0.29) is 16.7 Å². The van der Waals surface area contributed by atoms with E-state index in [9.17, 15) is 20.1 Å². The quantitative estimate of drug-likeness (QED) is 0.447. The van der Waals surface area contributed by atoms with Gasteiger partial charge in [-0.2, -0.15) is 0 Å². The van der Waals surface area contributed by atoms with E-state index in [2.05, 4.69) is 0 Å². The van der Waals surface area contributed by atoms with Gasteiger partial charge in [0.15, 0.2) is 11.3 Å². The van der Waals surface area contributed by atoms with Gasteiger partial charge in [-0.15, -0.1) is 0 Å². The molecular formula is C10H8O5. The molecule has 0 atom stereocenters. The van der Waals surface area contributed by atoms with Crippen LogP contribution in [-0.4, -0.2) is 15.3 Å². The van der Waals surface area contributed by atoms with Crippen LogP contribution in [0.15, 0.2) is 21.3 Å². The van der Waals surface area contributed by atoms with Gasteiger partial charge in [0.25, 0.3) is 0 Å². The van der Waals surface area contributed by atoms with Crippen LogP contribution in [0.5, 0.6) is 17.2 Å². The Morgan fingerprint density at radius 3 is 2.47 bits per heavy atom. The first-order valence-corrected chi connectivity index (χ1v) is 4.19. The molecule has 15 heavy (non-hydrogen) atoms. The SMILES string of the molecule is Cc1cc(O)c(O)c2oc(=O)cc(O)c12. The molecule has 2 rings (SSSR count). The summed E-state index contributed by atoms with van der Waals surface area (Å²) in [6.07, 6.45) is 0. The Morgan fingerprint density at radius 1 is 1.13 bits per heavy atom. The van der Waals surface area contributed by atoms with Crippen molar-refractivity contribution < 1.29 is 19.7 Å². The third-order valence-electron chi connectivity index (χ3n) is 2.15. The molecule has 0 aliphatic rings. The maximum atomic E-state index is 11.0. The highest BCUT2D eigenvalue weighted by Crippen LogP contribution is 2.38. The molecule has 0 fully saturated rings. The Balaban J connectivity index is 3.09. The maximum absolute atomic E-state index is 11.0. The van der Waals surface area contributed by atoms with Crippen molar-refractivity contribution in [2.45, 2.75) is 6.92 Å². The lowest BCUT2D eigenvalue weighted by Crippen LogP contribution is -1.96. The van der Waals surface area contributed by atoms with Gasteiger partial charge >= 0.3 is 5.63 Å². The lowest BCUT2D eigenvalue weighted by molar-refractivity contribution is 0.395. The summed E-state index contributed by atoms with van der Waals surface area (Å²) < 4.78 is 4.71. The lowest BCUT2D eigenvalue weighted by Gasteiger charge is -2.06. The highest BCUT2D eigenvalue weighted by molar-refractivity contribution is 5.92. The predicted molar refractivity (Wildman–Crippen MR) is 52.2 cm³/mol. The topological polar surface area (TPSA) is 90.9 Å². The van der Waals surface area contributed by atoms with E-state index in [4.69, 9.17) is 4.42 Å². The van der Waals surface area contributed by atoms with Crippen LogP contribution in [0, 0.1) is 6.92 Å². The molecule has 3 N–H and O–H groups in total. The third kappa shape index (κ3) is 1.28. The standard InChI is InChI=1S/C10H8O5/c1-4-2-6(12)9(14)10-8(4)5(11)3-7(13)15-10/h2-3,11-12,14H,1H3. The van der Waals surface area contributed by atoms with Crippen LogP contribution in [0.2, 0.25) is 0 Å². The van der Waals surface area contributed by atoms with E-state index < -0.39 is 17.1 Å². The molecular weight excluding hydrogens is 200 g/mol. The smallest absolute Gasteiger partial charge is 0.340 e. The minimum absolute atomic E-state index is 0.211. The molecule has 0 aliphatic carbocycles. The van der Waals surface area contributed by atoms with Crippen molar-refractivity contribution >= 4 is 11.0 Å². The molecule has 1 aromatic heterocycles. The number of aromatic hydroxyl groups is 3. The highest BCUT2D eigenvalue weighted by Gasteiger charge is 2.14. The fourth-order valence-electron chi connectivity index (χ4n) is 1.49. The molecule has 1 aromatic carbocycles. The summed E-state index contributed by atoms with van der Waals surface area (Å²) in [5, 5.41) is 28.4. The van der Waals surface area contributed by atoms with Crippen molar-refractivity contribution in [3.63, 3.8) is 0 Å². The van der Waals surface area contributed by atoms with E-state index in [1.807, 2.05) is 0 Å². The van der Waals surface area contributed by atoms with Crippen LogP contribution in [-0.2, 0) is 0 Å². The fourth-order valence-corrected chi connectivity index (χ4v) is 1.49. The summed E-state index contributed by atoms with van der Waals surface area (Å²) in [7, 11) is 0. The first-order valence-electron chi connectivity index (χ1n) is 4.19. The zero-order valence-electron chi connectivity index (χ0n) is 7.81. The molecule has 2 aromatic rings. The molecule has 5 heteroatoms. The van der Waals surface area contributed by atoms with Crippen LogP contribution in [0.1, 0.15) is 5.56 Å². The summed E-state index contributed by atoms with van der Waals surface area (Å²) in [4.78, 5) is 11.0. The Morgan fingerprint density at radius 2 is 1.80 bits per heavy atom. The molecule has 0 saturated carbocycles. The zero-order valence-corrected chi connectivity index (χ0v) is 7.81. The second-order valence-electron chi connectivity index (χ2n) is 3.22. The average molecular weight is 208 g/mol. The molecule has 0 spiro atoms. The molecule has 0 aliphatic heterocycles. The maximum Gasteiger partial charge on any atom is 0.340 e. The largest absolute Gasteiger partial charge is 0.507 e. The molecule has 0 bridgehead atoms. The van der Waals surface area contributed by atoms with Crippen LogP contribution < -0.4 is 5.63 Å². The number of phenols is 2. The van der Waals surface area contributed by atoms with Crippen LogP contribution in [0.4, 0.5) is 0 Å². The van der Waals surface area contributed by atoms with Gasteiger partial charge in [-0.1, -0.05) is 0 Å². The summed E-state index contributed by atoms with van der Waals surface area (Å²) in [5.41, 5.74) is -0.501. The minimum atomic E-state index is -0.791. The van der Waals surface area contributed by atoms with E-state index in [1.165, 1.54) is 6.07 Å². The average Bonchev–Trinajstić information content (AvgIpc) is 2.12. The Labute approximate surface area is 83.8 Å². The molecule has 0 saturated heterocycles. The molecule has 0 radical (unpaired) electrons. The normalized spacial score (nSPS) is 10.7. The Hall–Kier alpha value is -2.17. The van der Waals surface area contributed by atoms with Crippen molar-refractivity contribution in [1.82, 2.24) is 0 Å². The number of aryl methyl sites for hydroxylation is 1. The predicted octanol–water partition coefficient (Wildman–Crippen LogP) is 1.22. The van der Waals surface area contributed by atoms with E-state index in [0.29, 0.717) is 5.56 Å². The third-order valence-corrected chi connectivity index (χ3v) is 2.15. The second kappa shape index (κ2) is 2.91. The van der Waals surface area contributed by atoms with Crippen molar-refractivity contribution in [3.8, 4) is 17.2 Å². The van der Waals surface area contributed by atoms with Gasteiger partial charge in [-0.25, -0.2) is 4.79 Å². The van der Waals surface area contributed by atoms with Crippen LogP contribution in [0.3, 0.4) is 0 Å². The summed E-state index contributed by atoms with van der Waals surface area (Å²) >= 11 is 0. The number of rotatable bonds is 0. The Kier molecular flexibility index (Phi) is 1.82. The summed E-state index contributed by atoms with van der Waals surface area (Å²) in [6.45, 7) is 1.61. The first kappa shape index (κ1) is 9.39. The number of phenolic OH excluding ortho intramolecular Hbond substituents is 2. The van der Waals surface area contributed by atoms with E-state index in [1.54, 1.807) is 6.92 Å². The van der Waals surface area contributed by atoms with Crippen LogP contribution >= 0.6 is 0 Å². The van der Waals surface area contributed by atoms with Gasteiger partial charge in [0, 0.05) is 0 Å². The van der Waals surface area contributed by atoms with Gasteiger partial charge in [-0.05, 0) is 18.6 Å². The number of benzene rings is 1. The summed E-state index contributed by atoms with van der Waals surface area (Å²) in [5.74, 6) is -1.23. The molecule has 0 amide bonds. The van der Waals surface area contributed by atoms with Crippen molar-refractivity contribution in [3.05, 3.63) is 28.1 Å². The van der Waals surface area contributed by atoms with Crippen molar-refractivity contribution in [2.75, 3.05) is 0 Å². The lowest BCUT2D eigenvalue weighted by atomic mass is 10.1. The van der Waals surface area contributed by atoms with Gasteiger partial charge in [-0.3, -0.25) is 0 Å². The van der Waals surface area contributed by atoms with Crippen molar-refractivity contribution in [1.29, 1.82) is 0 Å².